The fourth-order valence-electron chi connectivity index (χ4n) is 2.97. The number of sulfone groups is 1. The van der Waals surface area contributed by atoms with Crippen LogP contribution in [-0.4, -0.2) is 64.0 Å². The highest BCUT2D eigenvalue weighted by molar-refractivity contribution is 7.90. The molecule has 1 aliphatic heterocycles. The van der Waals surface area contributed by atoms with Gasteiger partial charge >= 0.3 is 0 Å². The van der Waals surface area contributed by atoms with Gasteiger partial charge in [-0.1, -0.05) is 6.42 Å². The van der Waals surface area contributed by atoms with E-state index in [1.165, 1.54) is 25.5 Å². The van der Waals surface area contributed by atoms with E-state index in [0.717, 1.165) is 25.4 Å². The van der Waals surface area contributed by atoms with Crippen molar-refractivity contribution in [3.63, 3.8) is 0 Å². The molecule has 0 aromatic carbocycles. The Morgan fingerprint density at radius 1 is 1.32 bits per heavy atom. The highest BCUT2D eigenvalue weighted by Gasteiger charge is 2.24. The molecule has 142 valence electrons. The molecule has 8 heteroatoms. The molecule has 0 amide bonds. The fourth-order valence-corrected chi connectivity index (χ4v) is 3.44. The normalized spacial score (nSPS) is 18.1. The van der Waals surface area contributed by atoms with Gasteiger partial charge in [-0.3, -0.25) is 9.89 Å². The predicted molar refractivity (Wildman–Crippen MR) is 101 cm³/mol. The second kappa shape index (κ2) is 9.82. The van der Waals surface area contributed by atoms with Gasteiger partial charge in [-0.05, 0) is 45.0 Å². The van der Waals surface area contributed by atoms with Crippen LogP contribution in [0, 0.1) is 0 Å². The largest absolute Gasteiger partial charge is 0.468 e. The van der Waals surface area contributed by atoms with E-state index in [-0.39, 0.29) is 11.8 Å². The van der Waals surface area contributed by atoms with E-state index in [1.807, 2.05) is 19.1 Å². The van der Waals surface area contributed by atoms with Gasteiger partial charge in [0, 0.05) is 19.3 Å². The minimum atomic E-state index is -2.99. The lowest BCUT2D eigenvalue weighted by Crippen LogP contribution is -2.41. The van der Waals surface area contributed by atoms with Crippen LogP contribution < -0.4 is 10.6 Å². The number of rotatable bonds is 8. The van der Waals surface area contributed by atoms with Gasteiger partial charge in [0.25, 0.3) is 0 Å². The molecule has 1 unspecified atom stereocenters. The summed E-state index contributed by atoms with van der Waals surface area (Å²) in [5.74, 6) is 1.66. The highest BCUT2D eigenvalue weighted by atomic mass is 32.2. The Labute approximate surface area is 150 Å². The lowest BCUT2D eigenvalue weighted by molar-refractivity contribution is 0.150. The smallest absolute Gasteiger partial charge is 0.191 e. The number of likely N-dealkylation sites (tertiary alicyclic amines) is 1. The Balaban J connectivity index is 2.02. The van der Waals surface area contributed by atoms with Crippen LogP contribution in [0.25, 0.3) is 0 Å². The molecule has 0 bridgehead atoms. The van der Waals surface area contributed by atoms with Crippen LogP contribution in [-0.2, 0) is 9.84 Å². The molecule has 1 saturated heterocycles. The first-order valence-corrected chi connectivity index (χ1v) is 11.0. The zero-order chi connectivity index (χ0) is 18.1. The first-order valence-electron chi connectivity index (χ1n) is 8.97. The first-order chi connectivity index (χ1) is 12.0. The van der Waals surface area contributed by atoms with Gasteiger partial charge in [0.2, 0.25) is 0 Å². The molecule has 0 saturated carbocycles. The third-order valence-electron chi connectivity index (χ3n) is 4.23. The van der Waals surface area contributed by atoms with Crippen LogP contribution >= 0.6 is 0 Å². The van der Waals surface area contributed by atoms with Crippen LogP contribution in [0.2, 0.25) is 0 Å². The van der Waals surface area contributed by atoms with Gasteiger partial charge in [0.05, 0.1) is 24.6 Å². The predicted octanol–water partition coefficient (Wildman–Crippen LogP) is 1.41. The molecule has 7 nitrogen and oxygen atoms in total. The monoisotopic (exact) mass is 370 g/mol. The molecular formula is C17H30N4O3S. The molecular weight excluding hydrogens is 340 g/mol. The molecule has 2 heterocycles. The van der Waals surface area contributed by atoms with E-state index in [0.29, 0.717) is 19.0 Å². The summed E-state index contributed by atoms with van der Waals surface area (Å²) in [7, 11) is -2.99. The number of nitrogens with zero attached hydrogens (tertiary/aromatic N) is 2. The molecule has 25 heavy (non-hydrogen) atoms. The second-order valence-electron chi connectivity index (χ2n) is 6.40. The van der Waals surface area contributed by atoms with Gasteiger partial charge in [-0.2, -0.15) is 0 Å². The van der Waals surface area contributed by atoms with Crippen molar-refractivity contribution in [2.75, 3.05) is 44.7 Å². The molecule has 0 aliphatic carbocycles. The maximum Gasteiger partial charge on any atom is 0.191 e. The number of nitrogens with one attached hydrogen (secondary N) is 2. The lowest BCUT2D eigenvalue weighted by atomic mass is 10.1. The molecule has 2 rings (SSSR count). The molecule has 1 aliphatic rings. The van der Waals surface area contributed by atoms with Crippen molar-refractivity contribution in [1.29, 1.82) is 0 Å². The zero-order valence-corrected chi connectivity index (χ0v) is 16.0. The van der Waals surface area contributed by atoms with Crippen LogP contribution in [0.4, 0.5) is 0 Å². The number of hydrogen-bond acceptors (Lipinski definition) is 5. The Kier molecular flexibility index (Phi) is 7.77. The SMILES string of the molecule is CCNC(=NCC(c1ccco1)N1CCCCC1)NCCS(C)(=O)=O. The Morgan fingerprint density at radius 2 is 2.08 bits per heavy atom. The molecule has 0 spiro atoms. The topological polar surface area (TPSA) is 86.9 Å². The molecule has 0 radical (unpaired) electrons. The van der Waals surface area contributed by atoms with Gasteiger partial charge in [0.15, 0.2) is 5.96 Å². The van der Waals surface area contributed by atoms with Crippen LogP contribution in [0.5, 0.6) is 0 Å². The highest BCUT2D eigenvalue weighted by Crippen LogP contribution is 2.25. The van der Waals surface area contributed by atoms with Crippen molar-refractivity contribution >= 4 is 15.8 Å². The van der Waals surface area contributed by atoms with Crippen LogP contribution in [0.1, 0.15) is 38.0 Å². The van der Waals surface area contributed by atoms with E-state index < -0.39 is 9.84 Å². The van der Waals surface area contributed by atoms with Crippen molar-refractivity contribution in [3.8, 4) is 0 Å². The maximum absolute atomic E-state index is 11.3. The minimum absolute atomic E-state index is 0.0884. The van der Waals surface area contributed by atoms with Crippen molar-refractivity contribution in [2.24, 2.45) is 4.99 Å². The third kappa shape index (κ3) is 7.07. The Hall–Kier alpha value is -1.54. The summed E-state index contributed by atoms with van der Waals surface area (Å²) in [6, 6.07) is 4.02. The summed E-state index contributed by atoms with van der Waals surface area (Å²) >= 11 is 0. The summed E-state index contributed by atoms with van der Waals surface area (Å²) in [4.78, 5) is 7.08. The van der Waals surface area contributed by atoms with E-state index in [9.17, 15) is 8.42 Å². The second-order valence-corrected chi connectivity index (χ2v) is 8.66. The summed E-state index contributed by atoms with van der Waals surface area (Å²) in [6.07, 6.45) is 6.62. The Bertz CT molecular complexity index is 622. The van der Waals surface area contributed by atoms with Gasteiger partial charge in [0.1, 0.15) is 15.6 Å². The fraction of sp³-hybridized carbons (Fsp3) is 0.706. The van der Waals surface area contributed by atoms with Gasteiger partial charge in [-0.25, -0.2) is 8.42 Å². The van der Waals surface area contributed by atoms with Crippen molar-refractivity contribution in [2.45, 2.75) is 32.2 Å². The first kappa shape index (κ1) is 19.8. The molecule has 1 aromatic rings. The van der Waals surface area contributed by atoms with Gasteiger partial charge in [-0.15, -0.1) is 0 Å². The average Bonchev–Trinajstić information content (AvgIpc) is 3.09. The number of aliphatic imine (C=N–C) groups is 1. The zero-order valence-electron chi connectivity index (χ0n) is 15.2. The summed E-state index contributed by atoms with van der Waals surface area (Å²) < 4.78 is 28.2. The van der Waals surface area contributed by atoms with Crippen molar-refractivity contribution in [1.82, 2.24) is 15.5 Å². The molecule has 1 fully saturated rings. The van der Waals surface area contributed by atoms with Crippen LogP contribution in [0.3, 0.4) is 0 Å². The standard InChI is InChI=1S/C17H30N4O3S/c1-3-18-17(19-9-13-25(2,22)23)20-14-15(16-8-7-12-24-16)21-10-5-4-6-11-21/h7-8,12,15H,3-6,9-11,13-14H2,1-2H3,(H2,18,19,20). The molecule has 1 atom stereocenters. The number of hydrogen-bond donors (Lipinski definition) is 2. The summed E-state index contributed by atoms with van der Waals surface area (Å²) in [5.41, 5.74) is 0. The Morgan fingerprint density at radius 3 is 2.68 bits per heavy atom. The van der Waals surface area contributed by atoms with Gasteiger partial charge < -0.3 is 15.1 Å². The van der Waals surface area contributed by atoms with Crippen molar-refractivity contribution < 1.29 is 12.8 Å². The maximum atomic E-state index is 11.3. The lowest BCUT2D eigenvalue weighted by Gasteiger charge is -2.32. The van der Waals surface area contributed by atoms with Crippen molar-refractivity contribution in [3.05, 3.63) is 24.2 Å². The number of furan rings is 1. The quantitative estimate of drug-likeness (QED) is 0.531. The van der Waals surface area contributed by atoms with E-state index in [1.54, 1.807) is 6.26 Å². The van der Waals surface area contributed by atoms with E-state index in [2.05, 4.69) is 20.5 Å². The van der Waals surface area contributed by atoms with Crippen LogP contribution in [0.15, 0.2) is 27.8 Å². The number of guanidine groups is 1. The minimum Gasteiger partial charge on any atom is -0.468 e. The summed E-state index contributed by atoms with van der Waals surface area (Å²) in [5, 5.41) is 6.26. The third-order valence-corrected chi connectivity index (χ3v) is 5.18. The summed E-state index contributed by atoms with van der Waals surface area (Å²) in [6.45, 7) is 5.74. The molecule has 1 aromatic heterocycles. The number of piperidine rings is 1. The van der Waals surface area contributed by atoms with E-state index >= 15 is 0 Å². The average molecular weight is 371 g/mol. The van der Waals surface area contributed by atoms with E-state index in [4.69, 9.17) is 4.42 Å². The molecule has 2 N–H and O–H groups in total.